The van der Waals surface area contributed by atoms with Crippen LogP contribution in [-0.2, 0) is 0 Å². The molecule has 0 saturated heterocycles. The average Bonchev–Trinajstić information content (AvgIpc) is 3.76. The highest BCUT2D eigenvalue weighted by atomic mass is 16.3. The lowest BCUT2D eigenvalue weighted by Crippen LogP contribution is -2.00. The van der Waals surface area contributed by atoms with Gasteiger partial charge in [-0.2, -0.15) is 0 Å². The van der Waals surface area contributed by atoms with Crippen molar-refractivity contribution in [2.45, 2.75) is 0 Å². The van der Waals surface area contributed by atoms with E-state index in [1.165, 1.54) is 32.6 Å². The molecule has 210 valence electrons. The molecule has 0 aliphatic heterocycles. The van der Waals surface area contributed by atoms with Crippen LogP contribution in [0.1, 0.15) is 0 Å². The largest absolute Gasteiger partial charge is 0.455 e. The van der Waals surface area contributed by atoms with Crippen LogP contribution in [-0.4, -0.2) is 14.1 Å². The van der Waals surface area contributed by atoms with Gasteiger partial charge in [0.2, 0.25) is 0 Å². The number of fused-ring (bicyclic) bond motifs is 9. The predicted molar refractivity (Wildman–Crippen MR) is 186 cm³/mol. The van der Waals surface area contributed by atoms with Crippen LogP contribution in [0.3, 0.4) is 0 Å². The molecule has 4 nitrogen and oxygen atoms in total. The summed E-state index contributed by atoms with van der Waals surface area (Å²) < 4.78 is 11.0. The quantitative estimate of drug-likeness (QED) is 0.210. The lowest BCUT2D eigenvalue weighted by atomic mass is 10.0. The van der Waals surface area contributed by atoms with Crippen molar-refractivity contribution in [2.24, 2.45) is 0 Å². The third-order valence-electron chi connectivity index (χ3n) is 9.19. The summed E-state index contributed by atoms with van der Waals surface area (Å²) in [5.41, 5.74) is 9.70. The van der Waals surface area contributed by atoms with Crippen molar-refractivity contribution < 1.29 is 4.42 Å². The Morgan fingerprint density at radius 1 is 0.444 bits per heavy atom. The summed E-state index contributed by atoms with van der Waals surface area (Å²) >= 11 is 0. The molecule has 0 bridgehead atoms. The van der Waals surface area contributed by atoms with Crippen LogP contribution in [0, 0.1) is 0 Å². The van der Waals surface area contributed by atoms with E-state index in [4.69, 9.17) is 9.40 Å². The molecule has 0 atom stereocenters. The third-order valence-corrected chi connectivity index (χ3v) is 9.19. The van der Waals surface area contributed by atoms with Crippen molar-refractivity contribution in [3.05, 3.63) is 152 Å². The molecule has 0 unspecified atom stereocenters. The van der Waals surface area contributed by atoms with E-state index in [0.717, 1.165) is 55.6 Å². The summed E-state index contributed by atoms with van der Waals surface area (Å²) in [6, 6.07) is 51.4. The van der Waals surface area contributed by atoms with Gasteiger partial charge in [-0.05, 0) is 54.1 Å². The SMILES string of the molecule is c1ccc2c(c1)oc1c(-c3ccc4c(c3)c3ccccc3n4-c3ccc(-n4c5ccccc5c5ccccc54)cn3)cccc12. The first-order valence-corrected chi connectivity index (χ1v) is 15.2. The van der Waals surface area contributed by atoms with Gasteiger partial charge in [0.05, 0.1) is 34.0 Å². The molecule has 0 fully saturated rings. The topological polar surface area (TPSA) is 35.9 Å². The Bertz CT molecular complexity index is 2710. The molecule has 4 aromatic heterocycles. The molecule has 6 aromatic carbocycles. The smallest absolute Gasteiger partial charge is 0.143 e. The third kappa shape index (κ3) is 3.45. The fourth-order valence-corrected chi connectivity index (χ4v) is 7.21. The first-order chi connectivity index (χ1) is 22.3. The summed E-state index contributed by atoms with van der Waals surface area (Å²) in [6.07, 6.45) is 1.99. The van der Waals surface area contributed by atoms with Crippen molar-refractivity contribution in [3.8, 4) is 22.6 Å². The van der Waals surface area contributed by atoms with Gasteiger partial charge < -0.3 is 8.98 Å². The fourth-order valence-electron chi connectivity index (χ4n) is 7.21. The maximum Gasteiger partial charge on any atom is 0.143 e. The van der Waals surface area contributed by atoms with E-state index in [1.54, 1.807) is 0 Å². The maximum absolute atomic E-state index is 6.39. The molecule has 10 rings (SSSR count). The Balaban J connectivity index is 1.15. The number of pyridine rings is 1. The zero-order chi connectivity index (χ0) is 29.5. The average molecular weight is 576 g/mol. The van der Waals surface area contributed by atoms with Crippen LogP contribution >= 0.6 is 0 Å². The molecular formula is C41H25N3O. The van der Waals surface area contributed by atoms with Crippen molar-refractivity contribution in [1.82, 2.24) is 14.1 Å². The number of benzene rings is 6. The molecule has 0 aliphatic rings. The first kappa shape index (κ1) is 24.3. The standard InChI is InChI=1S/C41H25N3O/c1-5-16-35-29(10-1)30-11-2-6-17-36(30)43(35)27-21-23-40(42-25-27)44-37-18-7-3-12-31(37)34-24-26(20-22-38(34)44)28-14-9-15-33-32-13-4-8-19-39(32)45-41(28)33/h1-25H. The lowest BCUT2D eigenvalue weighted by molar-refractivity contribution is 0.670. The Kier molecular flexibility index (Phi) is 4.96. The van der Waals surface area contributed by atoms with Gasteiger partial charge in [-0.15, -0.1) is 0 Å². The highest BCUT2D eigenvalue weighted by molar-refractivity contribution is 6.13. The zero-order valence-electron chi connectivity index (χ0n) is 24.2. The number of nitrogens with zero attached hydrogens (tertiary/aromatic N) is 3. The van der Waals surface area contributed by atoms with Gasteiger partial charge >= 0.3 is 0 Å². The molecule has 0 N–H and O–H groups in total. The van der Waals surface area contributed by atoms with Gasteiger partial charge in [0, 0.05) is 37.9 Å². The van der Waals surface area contributed by atoms with E-state index in [1.807, 2.05) is 18.3 Å². The van der Waals surface area contributed by atoms with Gasteiger partial charge in [-0.25, -0.2) is 4.98 Å². The van der Waals surface area contributed by atoms with Crippen LogP contribution < -0.4 is 0 Å². The molecule has 0 amide bonds. The van der Waals surface area contributed by atoms with Crippen LogP contribution in [0.4, 0.5) is 0 Å². The van der Waals surface area contributed by atoms with Crippen LogP contribution in [0.2, 0.25) is 0 Å². The number of hydrogen-bond donors (Lipinski definition) is 0. The summed E-state index contributed by atoms with van der Waals surface area (Å²) in [5, 5.41) is 7.15. The highest BCUT2D eigenvalue weighted by Gasteiger charge is 2.17. The minimum absolute atomic E-state index is 0.887. The van der Waals surface area contributed by atoms with Gasteiger partial charge in [0.15, 0.2) is 0 Å². The second-order valence-electron chi connectivity index (χ2n) is 11.6. The molecule has 45 heavy (non-hydrogen) atoms. The summed E-state index contributed by atoms with van der Waals surface area (Å²) in [5.74, 6) is 0.887. The molecule has 4 heterocycles. The molecule has 10 aromatic rings. The summed E-state index contributed by atoms with van der Waals surface area (Å²) in [6.45, 7) is 0. The second-order valence-corrected chi connectivity index (χ2v) is 11.6. The van der Waals surface area contributed by atoms with Crippen LogP contribution in [0.25, 0.3) is 88.2 Å². The first-order valence-electron chi connectivity index (χ1n) is 15.2. The van der Waals surface area contributed by atoms with Gasteiger partial charge in [-0.3, -0.25) is 4.57 Å². The van der Waals surface area contributed by atoms with E-state index in [-0.39, 0.29) is 0 Å². The minimum Gasteiger partial charge on any atom is -0.455 e. The summed E-state index contributed by atoms with van der Waals surface area (Å²) in [7, 11) is 0. The van der Waals surface area contributed by atoms with Crippen molar-refractivity contribution in [3.63, 3.8) is 0 Å². The van der Waals surface area contributed by atoms with E-state index < -0.39 is 0 Å². The fraction of sp³-hybridized carbons (Fsp3) is 0. The van der Waals surface area contributed by atoms with Gasteiger partial charge in [0.1, 0.15) is 17.0 Å². The minimum atomic E-state index is 0.887. The van der Waals surface area contributed by atoms with E-state index in [2.05, 4.69) is 143 Å². The van der Waals surface area contributed by atoms with E-state index >= 15 is 0 Å². The monoisotopic (exact) mass is 575 g/mol. The Labute approximate surface area is 258 Å². The number of furan rings is 1. The number of hydrogen-bond acceptors (Lipinski definition) is 2. The predicted octanol–water partition coefficient (Wildman–Crippen LogP) is 10.8. The molecule has 0 saturated carbocycles. The van der Waals surface area contributed by atoms with Crippen molar-refractivity contribution >= 4 is 65.6 Å². The number of para-hydroxylation sites is 5. The normalized spacial score (nSPS) is 12.0. The maximum atomic E-state index is 6.39. The molecule has 0 aliphatic carbocycles. The van der Waals surface area contributed by atoms with Crippen LogP contribution in [0.15, 0.2) is 156 Å². The molecule has 4 heteroatoms. The zero-order valence-corrected chi connectivity index (χ0v) is 24.2. The summed E-state index contributed by atoms with van der Waals surface area (Å²) in [4.78, 5) is 5.06. The molecule has 0 spiro atoms. The highest BCUT2D eigenvalue weighted by Crippen LogP contribution is 2.39. The molecular weight excluding hydrogens is 550 g/mol. The van der Waals surface area contributed by atoms with Gasteiger partial charge in [0.25, 0.3) is 0 Å². The lowest BCUT2D eigenvalue weighted by Gasteiger charge is -2.11. The van der Waals surface area contributed by atoms with Crippen molar-refractivity contribution in [1.29, 1.82) is 0 Å². The Morgan fingerprint density at radius 2 is 1.04 bits per heavy atom. The van der Waals surface area contributed by atoms with Crippen molar-refractivity contribution in [2.75, 3.05) is 0 Å². The van der Waals surface area contributed by atoms with E-state index in [0.29, 0.717) is 0 Å². The van der Waals surface area contributed by atoms with Crippen LogP contribution in [0.5, 0.6) is 0 Å². The van der Waals surface area contributed by atoms with E-state index in [9.17, 15) is 0 Å². The Morgan fingerprint density at radius 3 is 1.76 bits per heavy atom. The second kappa shape index (κ2) is 9.18. The number of rotatable bonds is 3. The number of aromatic nitrogens is 3. The molecule has 0 radical (unpaired) electrons. The van der Waals surface area contributed by atoms with Gasteiger partial charge in [-0.1, -0.05) is 97.1 Å². The Hall–Kier alpha value is -6.13.